The first kappa shape index (κ1) is 14.7. The van der Waals surface area contributed by atoms with Gasteiger partial charge in [-0.3, -0.25) is 4.79 Å². The summed E-state index contributed by atoms with van der Waals surface area (Å²) in [6, 6.07) is 6.85. The summed E-state index contributed by atoms with van der Waals surface area (Å²) in [6.07, 6.45) is 0.976. The SMILES string of the molecule is NC[C@H]1CC[C@@H](C(=O)Nc2cccc(OCCF)c2)O1. The number of nitrogens with two attached hydrogens (primary N) is 1. The minimum Gasteiger partial charge on any atom is -0.491 e. The summed E-state index contributed by atoms with van der Waals surface area (Å²) in [6.45, 7) is -0.120. The molecule has 0 radical (unpaired) electrons. The van der Waals surface area contributed by atoms with Crippen LogP contribution in [0.4, 0.5) is 10.1 Å². The van der Waals surface area contributed by atoms with Crippen LogP contribution in [-0.2, 0) is 9.53 Å². The molecule has 1 amide bonds. The predicted molar refractivity (Wildman–Crippen MR) is 73.5 cm³/mol. The number of hydrogen-bond donors (Lipinski definition) is 2. The van der Waals surface area contributed by atoms with Crippen LogP contribution in [0, 0.1) is 0 Å². The zero-order valence-corrected chi connectivity index (χ0v) is 11.2. The molecule has 0 aromatic heterocycles. The molecule has 1 aliphatic rings. The molecule has 0 spiro atoms. The van der Waals surface area contributed by atoms with Gasteiger partial charge in [-0.2, -0.15) is 0 Å². The number of ether oxygens (including phenoxy) is 2. The van der Waals surface area contributed by atoms with Gasteiger partial charge in [-0.15, -0.1) is 0 Å². The second-order valence-corrected chi connectivity index (χ2v) is 4.61. The zero-order valence-electron chi connectivity index (χ0n) is 11.2. The van der Waals surface area contributed by atoms with Gasteiger partial charge in [0.05, 0.1) is 6.10 Å². The fraction of sp³-hybridized carbons (Fsp3) is 0.500. The van der Waals surface area contributed by atoms with E-state index in [0.717, 1.165) is 6.42 Å². The summed E-state index contributed by atoms with van der Waals surface area (Å²) < 4.78 is 22.7. The highest BCUT2D eigenvalue weighted by Gasteiger charge is 2.29. The van der Waals surface area contributed by atoms with Gasteiger partial charge in [0.25, 0.3) is 5.91 Å². The third kappa shape index (κ3) is 3.91. The van der Waals surface area contributed by atoms with Gasteiger partial charge >= 0.3 is 0 Å². The Morgan fingerprint density at radius 3 is 3.05 bits per heavy atom. The van der Waals surface area contributed by atoms with E-state index in [2.05, 4.69) is 5.32 Å². The molecule has 1 aromatic rings. The molecule has 1 aliphatic heterocycles. The molecular formula is C14H19FN2O3. The van der Waals surface area contributed by atoms with Gasteiger partial charge in [-0.05, 0) is 25.0 Å². The van der Waals surface area contributed by atoms with Gasteiger partial charge in [0.15, 0.2) is 0 Å². The normalized spacial score (nSPS) is 21.7. The van der Waals surface area contributed by atoms with Gasteiger partial charge in [0.2, 0.25) is 0 Å². The molecule has 6 heteroatoms. The Balaban J connectivity index is 1.91. The first-order valence-electron chi connectivity index (χ1n) is 6.68. The van der Waals surface area contributed by atoms with Gasteiger partial charge in [0.1, 0.15) is 25.1 Å². The Morgan fingerprint density at radius 1 is 1.50 bits per heavy atom. The fourth-order valence-electron chi connectivity index (χ4n) is 2.11. The van der Waals surface area contributed by atoms with Gasteiger partial charge in [0, 0.05) is 18.3 Å². The van der Waals surface area contributed by atoms with E-state index in [1.54, 1.807) is 24.3 Å². The van der Waals surface area contributed by atoms with Crippen molar-refractivity contribution in [3.8, 4) is 5.75 Å². The Bertz CT molecular complexity index is 456. The largest absolute Gasteiger partial charge is 0.491 e. The summed E-state index contributed by atoms with van der Waals surface area (Å²) >= 11 is 0. The van der Waals surface area contributed by atoms with Gasteiger partial charge < -0.3 is 20.5 Å². The molecule has 1 heterocycles. The number of carbonyl (C=O) groups is 1. The topological polar surface area (TPSA) is 73.6 Å². The van der Waals surface area contributed by atoms with Crippen molar-refractivity contribution in [2.45, 2.75) is 25.0 Å². The highest BCUT2D eigenvalue weighted by molar-refractivity contribution is 5.94. The number of benzene rings is 1. The average Bonchev–Trinajstić information content (AvgIpc) is 2.94. The number of anilines is 1. The van der Waals surface area contributed by atoms with Crippen molar-refractivity contribution in [2.75, 3.05) is 25.1 Å². The predicted octanol–water partition coefficient (Wildman–Crippen LogP) is 1.48. The quantitative estimate of drug-likeness (QED) is 0.829. The van der Waals surface area contributed by atoms with E-state index in [1.807, 2.05) is 0 Å². The lowest BCUT2D eigenvalue weighted by molar-refractivity contribution is -0.126. The van der Waals surface area contributed by atoms with Crippen LogP contribution in [0.5, 0.6) is 5.75 Å². The standard InChI is InChI=1S/C14H19FN2O3/c15-6-7-19-11-3-1-2-10(8-11)17-14(18)13-5-4-12(9-16)20-13/h1-3,8,12-13H,4-7,9,16H2,(H,17,18)/t12-,13+/m1/s1. The number of amides is 1. The molecule has 1 aromatic carbocycles. The van der Waals surface area contributed by atoms with E-state index >= 15 is 0 Å². The molecule has 3 N–H and O–H groups in total. The molecule has 0 saturated carbocycles. The lowest BCUT2D eigenvalue weighted by Crippen LogP contribution is -2.29. The van der Waals surface area contributed by atoms with Gasteiger partial charge in [-0.1, -0.05) is 6.07 Å². The molecule has 110 valence electrons. The van der Waals surface area contributed by atoms with E-state index in [0.29, 0.717) is 24.4 Å². The van der Waals surface area contributed by atoms with Crippen LogP contribution in [0.25, 0.3) is 0 Å². The van der Waals surface area contributed by atoms with E-state index in [9.17, 15) is 9.18 Å². The number of alkyl halides is 1. The number of rotatable bonds is 6. The maximum atomic E-state index is 12.0. The minimum atomic E-state index is -0.549. The molecular weight excluding hydrogens is 263 g/mol. The second-order valence-electron chi connectivity index (χ2n) is 4.61. The Kier molecular flexibility index (Phi) is 5.31. The molecule has 0 aliphatic carbocycles. The van der Waals surface area contributed by atoms with Crippen molar-refractivity contribution in [1.29, 1.82) is 0 Å². The third-order valence-corrected chi connectivity index (χ3v) is 3.11. The maximum absolute atomic E-state index is 12.0. The molecule has 1 fully saturated rings. The summed E-state index contributed by atoms with van der Waals surface area (Å²) in [5, 5.41) is 2.77. The van der Waals surface area contributed by atoms with Crippen molar-refractivity contribution in [1.82, 2.24) is 0 Å². The van der Waals surface area contributed by atoms with Crippen molar-refractivity contribution < 1.29 is 18.7 Å². The lowest BCUT2D eigenvalue weighted by Gasteiger charge is -2.13. The Labute approximate surface area is 117 Å². The van der Waals surface area contributed by atoms with Crippen molar-refractivity contribution in [2.24, 2.45) is 5.73 Å². The summed E-state index contributed by atoms with van der Waals surface area (Å²) in [4.78, 5) is 12.0. The lowest BCUT2D eigenvalue weighted by atomic mass is 10.2. The first-order chi connectivity index (χ1) is 9.72. The van der Waals surface area contributed by atoms with Crippen molar-refractivity contribution in [3.05, 3.63) is 24.3 Å². The monoisotopic (exact) mass is 282 g/mol. The number of carbonyl (C=O) groups excluding carboxylic acids is 1. The Hall–Kier alpha value is -1.66. The molecule has 5 nitrogen and oxygen atoms in total. The van der Waals surface area contributed by atoms with E-state index in [-0.39, 0.29) is 18.6 Å². The van der Waals surface area contributed by atoms with Crippen LogP contribution in [-0.4, -0.2) is 37.9 Å². The highest BCUT2D eigenvalue weighted by Crippen LogP contribution is 2.22. The van der Waals surface area contributed by atoms with Crippen LogP contribution in [0.15, 0.2) is 24.3 Å². The minimum absolute atomic E-state index is 0.00131. The highest BCUT2D eigenvalue weighted by atomic mass is 19.1. The molecule has 1 saturated heterocycles. The maximum Gasteiger partial charge on any atom is 0.253 e. The smallest absolute Gasteiger partial charge is 0.253 e. The average molecular weight is 282 g/mol. The first-order valence-corrected chi connectivity index (χ1v) is 6.68. The summed E-state index contributed by atoms with van der Waals surface area (Å²) in [5.41, 5.74) is 6.11. The summed E-state index contributed by atoms with van der Waals surface area (Å²) in [5.74, 6) is 0.330. The molecule has 0 bridgehead atoms. The van der Waals surface area contributed by atoms with E-state index < -0.39 is 12.8 Å². The van der Waals surface area contributed by atoms with Crippen LogP contribution < -0.4 is 15.8 Å². The van der Waals surface area contributed by atoms with E-state index in [4.69, 9.17) is 15.2 Å². The molecule has 0 unspecified atom stereocenters. The van der Waals surface area contributed by atoms with E-state index in [1.165, 1.54) is 0 Å². The van der Waals surface area contributed by atoms with Gasteiger partial charge in [-0.25, -0.2) is 4.39 Å². The fourth-order valence-corrected chi connectivity index (χ4v) is 2.11. The molecule has 2 atom stereocenters. The van der Waals surface area contributed by atoms with Crippen molar-refractivity contribution >= 4 is 11.6 Å². The molecule has 2 rings (SSSR count). The second kappa shape index (κ2) is 7.21. The Morgan fingerprint density at radius 2 is 2.35 bits per heavy atom. The molecule has 20 heavy (non-hydrogen) atoms. The summed E-state index contributed by atoms with van der Waals surface area (Å²) in [7, 11) is 0. The van der Waals surface area contributed by atoms with Crippen molar-refractivity contribution in [3.63, 3.8) is 0 Å². The number of nitrogens with one attached hydrogen (secondary N) is 1. The van der Waals surface area contributed by atoms with Crippen LogP contribution in [0.3, 0.4) is 0 Å². The number of hydrogen-bond acceptors (Lipinski definition) is 4. The van der Waals surface area contributed by atoms with Crippen LogP contribution in [0.2, 0.25) is 0 Å². The number of halogens is 1. The third-order valence-electron chi connectivity index (χ3n) is 3.11. The zero-order chi connectivity index (χ0) is 14.4. The van der Waals surface area contributed by atoms with Crippen LogP contribution >= 0.6 is 0 Å². The van der Waals surface area contributed by atoms with Crippen LogP contribution in [0.1, 0.15) is 12.8 Å².